The van der Waals surface area contributed by atoms with E-state index in [0.29, 0.717) is 83.0 Å². The monoisotopic (exact) mass is 1080 g/mol. The van der Waals surface area contributed by atoms with Crippen LogP contribution in [-0.4, -0.2) is 115 Å². The number of carbonyl (C=O) groups is 5. The number of benzene rings is 1. The molecule has 1 aromatic carbocycles. The molecule has 15 atom stereocenters. The summed E-state index contributed by atoms with van der Waals surface area (Å²) >= 11 is 0. The molecule has 16 nitrogen and oxygen atoms in total. The lowest BCUT2D eigenvalue weighted by atomic mass is 9.75. The molecule has 12 unspecified atom stereocenters. The fraction of sp³-hybridized carbons (Fsp3) is 0.683. The molecule has 77 heavy (non-hydrogen) atoms. The molecule has 4 amide bonds. The van der Waals surface area contributed by atoms with Gasteiger partial charge in [0.05, 0.1) is 24.2 Å². The van der Waals surface area contributed by atoms with Crippen LogP contribution < -0.4 is 21.4 Å². The zero-order chi connectivity index (χ0) is 57.6. The van der Waals surface area contributed by atoms with Crippen molar-refractivity contribution in [2.75, 3.05) is 6.54 Å². The van der Waals surface area contributed by atoms with Crippen LogP contribution in [0.1, 0.15) is 159 Å². The minimum absolute atomic E-state index is 0.0596. The average Bonchev–Trinajstić information content (AvgIpc) is 3.39. The highest BCUT2D eigenvalue weighted by Crippen LogP contribution is 2.35. The zero-order valence-corrected chi connectivity index (χ0v) is 47.9. The first-order valence-corrected chi connectivity index (χ1v) is 28.4. The number of aromatic hydroxyl groups is 1. The largest absolute Gasteiger partial charge is 0.508 e. The van der Waals surface area contributed by atoms with E-state index in [-0.39, 0.29) is 48.0 Å². The van der Waals surface area contributed by atoms with Gasteiger partial charge in [0.15, 0.2) is 0 Å². The minimum atomic E-state index is -1.58. The van der Waals surface area contributed by atoms with Crippen LogP contribution in [0, 0.1) is 53.2 Å². The second-order valence-electron chi connectivity index (χ2n) is 22.8. The predicted octanol–water partition coefficient (Wildman–Crippen LogP) is 7.63. The molecule has 3 rings (SSSR count). The van der Waals surface area contributed by atoms with Crippen molar-refractivity contribution in [2.45, 2.75) is 208 Å². The van der Waals surface area contributed by atoms with Gasteiger partial charge in [0.25, 0.3) is 5.91 Å². The smallest absolute Gasteiger partial charge is 0.325 e. The van der Waals surface area contributed by atoms with Gasteiger partial charge in [0, 0.05) is 37.3 Å². The van der Waals surface area contributed by atoms with Gasteiger partial charge in [-0.05, 0) is 118 Å². The van der Waals surface area contributed by atoms with Crippen LogP contribution in [0.15, 0.2) is 66.3 Å². The number of phenols is 1. The quantitative estimate of drug-likeness (QED) is 0.0222. The summed E-state index contributed by atoms with van der Waals surface area (Å²) in [7, 11) is 0. The van der Waals surface area contributed by atoms with Gasteiger partial charge in [0.1, 0.15) is 41.5 Å². The molecule has 0 aromatic heterocycles. The van der Waals surface area contributed by atoms with Crippen LogP contribution >= 0.6 is 0 Å². The first-order chi connectivity index (χ1) is 36.4. The summed E-state index contributed by atoms with van der Waals surface area (Å²) in [5.74, 6) is -6.01. The molecule has 1 aromatic rings. The van der Waals surface area contributed by atoms with Crippen LogP contribution in [0.3, 0.4) is 0 Å². The van der Waals surface area contributed by atoms with E-state index in [2.05, 4.69) is 35.2 Å². The Labute approximate surface area is 458 Å². The number of halogens is 1. The maximum absolute atomic E-state index is 14.5. The molecule has 0 saturated carbocycles. The first kappa shape index (κ1) is 66.3. The SMILES string of the molecule is CCCC1C(=O)NC(C(C)C)C(=O)NC(Cc2cc(O)cc(F)c2)C(=O)N2CCCC(N2)C(=O)O[C@H](/C(C)=C/C=C/CCC(C)C(O)CCC(C)C(O)C(C)[C@@](O)(NC=O)[C@@H](C)CC(C)CC)C/C=C/C=C/CC(C)C1O. The lowest BCUT2D eigenvalue weighted by molar-refractivity contribution is -0.156. The summed E-state index contributed by atoms with van der Waals surface area (Å²) in [6.07, 6.45) is 16.6. The van der Waals surface area contributed by atoms with Crippen molar-refractivity contribution in [3.63, 3.8) is 0 Å². The molecule has 0 radical (unpaired) electrons. The maximum Gasteiger partial charge on any atom is 0.325 e. The third-order valence-corrected chi connectivity index (χ3v) is 16.1. The van der Waals surface area contributed by atoms with Gasteiger partial charge in [-0.25, -0.2) is 9.82 Å². The zero-order valence-electron chi connectivity index (χ0n) is 47.9. The highest BCUT2D eigenvalue weighted by atomic mass is 19.1. The molecule has 2 heterocycles. The van der Waals surface area contributed by atoms with Crippen molar-refractivity contribution >= 4 is 30.1 Å². The normalized spacial score (nSPS) is 27.3. The fourth-order valence-electron chi connectivity index (χ4n) is 10.4. The lowest BCUT2D eigenvalue weighted by Gasteiger charge is -2.43. The van der Waals surface area contributed by atoms with Crippen molar-refractivity contribution in [1.82, 2.24) is 26.4 Å². The molecule has 9 N–H and O–H groups in total. The van der Waals surface area contributed by atoms with E-state index in [0.717, 1.165) is 24.1 Å². The number of aliphatic hydroxyl groups excluding tert-OH is 3. The summed E-state index contributed by atoms with van der Waals surface area (Å²) in [5.41, 5.74) is 2.41. The number of nitrogens with zero attached hydrogens (tertiary/aromatic N) is 1. The van der Waals surface area contributed by atoms with E-state index in [9.17, 15) is 53.9 Å². The average molecular weight is 1080 g/mol. The molecule has 0 aliphatic carbocycles. The van der Waals surface area contributed by atoms with Gasteiger partial charge in [0.2, 0.25) is 18.2 Å². The Morgan fingerprint density at radius 1 is 0.948 bits per heavy atom. The van der Waals surface area contributed by atoms with Gasteiger partial charge in [-0.1, -0.05) is 125 Å². The number of nitrogens with one attached hydrogen (secondary N) is 4. The number of carbonyl (C=O) groups excluding carboxylic acids is 5. The van der Waals surface area contributed by atoms with E-state index in [1.54, 1.807) is 20.8 Å². The Morgan fingerprint density at radius 3 is 2.27 bits per heavy atom. The maximum atomic E-state index is 14.5. The number of amides is 4. The van der Waals surface area contributed by atoms with Gasteiger partial charge in [-0.15, -0.1) is 0 Å². The molecule has 17 heteroatoms. The minimum Gasteiger partial charge on any atom is -0.508 e. The van der Waals surface area contributed by atoms with Crippen molar-refractivity contribution in [3.8, 4) is 5.75 Å². The van der Waals surface area contributed by atoms with E-state index < -0.39 is 95.5 Å². The number of cyclic esters (lactones) is 1. The Kier molecular flexibility index (Phi) is 28.3. The summed E-state index contributed by atoms with van der Waals surface area (Å²) in [6.45, 7) is 21.0. The third kappa shape index (κ3) is 20.7. The number of fused-ring (bicyclic) bond motifs is 2. The predicted molar refractivity (Wildman–Crippen MR) is 298 cm³/mol. The molecule has 2 aliphatic rings. The number of rotatable bonds is 23. The van der Waals surface area contributed by atoms with Crippen molar-refractivity contribution < 1.29 is 58.6 Å². The number of esters is 1. The highest BCUT2D eigenvalue weighted by molar-refractivity contribution is 5.93. The molecular formula is C60H96FN5O11. The summed E-state index contributed by atoms with van der Waals surface area (Å²) in [5, 5.41) is 65.3. The highest BCUT2D eigenvalue weighted by Gasteiger charge is 2.44. The van der Waals surface area contributed by atoms with E-state index in [1.165, 1.54) is 11.1 Å². The summed E-state index contributed by atoms with van der Waals surface area (Å²) < 4.78 is 20.7. The molecule has 1 saturated heterocycles. The van der Waals surface area contributed by atoms with E-state index in [1.807, 2.05) is 84.1 Å². The van der Waals surface area contributed by atoms with Gasteiger partial charge < -0.3 is 46.2 Å². The number of hydrogen-bond donors (Lipinski definition) is 9. The number of allylic oxidation sites excluding steroid dienone is 6. The molecular weight excluding hydrogens is 986 g/mol. The Morgan fingerprint density at radius 2 is 1.64 bits per heavy atom. The van der Waals surface area contributed by atoms with Crippen LogP contribution in [0.25, 0.3) is 0 Å². The molecule has 0 spiro atoms. The van der Waals surface area contributed by atoms with Gasteiger partial charge in [-0.3, -0.25) is 29.0 Å². The Balaban J connectivity index is 1.82. The molecule has 2 bridgehead atoms. The molecule has 1 fully saturated rings. The molecule has 434 valence electrons. The summed E-state index contributed by atoms with van der Waals surface area (Å²) in [4.78, 5) is 68.1. The molecule has 2 aliphatic heterocycles. The van der Waals surface area contributed by atoms with Crippen molar-refractivity contribution in [1.29, 1.82) is 0 Å². The van der Waals surface area contributed by atoms with Crippen LogP contribution in [0.5, 0.6) is 5.75 Å². The second kappa shape index (κ2) is 32.8. The second-order valence-corrected chi connectivity index (χ2v) is 22.8. The van der Waals surface area contributed by atoms with Crippen molar-refractivity contribution in [2.24, 2.45) is 47.3 Å². The number of phenolic OH excluding ortho intramolecular Hbond substituents is 1. The Bertz CT molecular complexity index is 2130. The topological polar surface area (TPSA) is 247 Å². The van der Waals surface area contributed by atoms with Gasteiger partial charge >= 0.3 is 5.97 Å². The van der Waals surface area contributed by atoms with E-state index in [4.69, 9.17) is 4.74 Å². The standard InChI is InChI=1S/C60H96FN5O11/c1-12-22-48-55(71)41(8)25-17-14-15-20-27-52(40(7)24-19-16-18-23-39(6)51(69)29-28-42(9)54(70)44(11)60(76,62-36-67)43(10)31-38(5)13-2)77-59(75)49-26-21-30-66(65-49)58(74)50(34-45-32-46(61)35-47(68)33-45)63-57(73)53(37(3)4)64-56(48)72/h14-17,19-20,24,32-33,35-39,41-44,48-55,65,68-71,76H,12-13,18,21-23,25-31,34H2,1-11H3,(H,62,67)(H,63,73)(H,64,72)/b17-14+,19-16+,20-15+,40-24+/t38?,39?,41?,42?,43-,44?,48?,49?,50?,51?,52-,53?,54?,55?,60+/m0/s1. The Hall–Kier alpha value is -4.94. The van der Waals surface area contributed by atoms with Crippen LogP contribution in [-0.2, 0) is 35.1 Å². The fourth-order valence-corrected chi connectivity index (χ4v) is 10.4. The number of hydrazine groups is 1. The number of hydrogen-bond acceptors (Lipinski definition) is 12. The van der Waals surface area contributed by atoms with Crippen LogP contribution in [0.2, 0.25) is 0 Å². The van der Waals surface area contributed by atoms with Gasteiger partial charge in [-0.2, -0.15) is 0 Å². The summed E-state index contributed by atoms with van der Waals surface area (Å²) in [6, 6.07) is 0.00553. The van der Waals surface area contributed by atoms with E-state index >= 15 is 0 Å². The van der Waals surface area contributed by atoms with Crippen molar-refractivity contribution in [3.05, 3.63) is 77.7 Å². The van der Waals surface area contributed by atoms with Crippen LogP contribution in [0.4, 0.5) is 4.39 Å². The third-order valence-electron chi connectivity index (χ3n) is 16.1. The lowest BCUT2D eigenvalue weighted by Crippen LogP contribution is -2.62. The number of aliphatic hydroxyl groups is 4. The number of ether oxygens (including phenoxy) is 1. The first-order valence-electron chi connectivity index (χ1n) is 28.4.